The Morgan fingerprint density at radius 1 is 1.33 bits per heavy atom. The molecule has 0 saturated carbocycles. The Balaban J connectivity index is 1.95. The van der Waals surface area contributed by atoms with E-state index in [1.54, 1.807) is 6.92 Å². The second-order valence-electron chi connectivity index (χ2n) is 6.48. The summed E-state index contributed by atoms with van der Waals surface area (Å²) in [5.74, 6) is -0.630. The lowest BCUT2D eigenvalue weighted by atomic mass is 10.1. The average Bonchev–Trinajstić information content (AvgIpc) is 2.62. The summed E-state index contributed by atoms with van der Waals surface area (Å²) in [7, 11) is 0. The number of carbonyl (C=O) groups is 1. The van der Waals surface area contributed by atoms with Gasteiger partial charge < -0.3 is 10.6 Å². The minimum atomic E-state index is -4.50. The molecular weight excluding hydrogens is 361 g/mol. The summed E-state index contributed by atoms with van der Waals surface area (Å²) >= 11 is 0. The number of amides is 1. The van der Waals surface area contributed by atoms with Gasteiger partial charge in [0.15, 0.2) is 5.69 Å². The largest absolute Gasteiger partial charge is 0.416 e. The van der Waals surface area contributed by atoms with Crippen LogP contribution in [0.5, 0.6) is 0 Å². The van der Waals surface area contributed by atoms with Gasteiger partial charge in [-0.1, -0.05) is 6.07 Å². The molecule has 9 heteroatoms. The predicted octanol–water partition coefficient (Wildman–Crippen LogP) is 2.04. The van der Waals surface area contributed by atoms with Crippen molar-refractivity contribution in [3.05, 3.63) is 57.5 Å². The number of hydrogen-bond donors (Lipinski definition) is 2. The molecule has 0 unspecified atom stereocenters. The Bertz CT molecular complexity index is 902. The Morgan fingerprint density at radius 2 is 2.11 bits per heavy atom. The van der Waals surface area contributed by atoms with Crippen molar-refractivity contribution >= 4 is 5.91 Å². The first-order valence-electron chi connectivity index (χ1n) is 8.56. The number of nitrogens with one attached hydrogen (secondary N) is 2. The van der Waals surface area contributed by atoms with E-state index >= 15 is 0 Å². The van der Waals surface area contributed by atoms with Gasteiger partial charge in [0.2, 0.25) is 5.43 Å². The molecule has 0 radical (unpaired) electrons. The van der Waals surface area contributed by atoms with E-state index in [1.807, 2.05) is 0 Å². The zero-order valence-corrected chi connectivity index (χ0v) is 14.6. The molecule has 1 saturated heterocycles. The molecule has 2 N–H and O–H groups in total. The summed E-state index contributed by atoms with van der Waals surface area (Å²) in [5.41, 5.74) is -1.30. The number of alkyl halides is 3. The lowest BCUT2D eigenvalue weighted by Gasteiger charge is -2.23. The van der Waals surface area contributed by atoms with Crippen LogP contribution in [0.15, 0.2) is 35.1 Å². The van der Waals surface area contributed by atoms with Crippen molar-refractivity contribution in [2.75, 3.05) is 13.1 Å². The van der Waals surface area contributed by atoms with E-state index in [1.165, 1.54) is 22.9 Å². The fourth-order valence-corrected chi connectivity index (χ4v) is 3.01. The van der Waals surface area contributed by atoms with Gasteiger partial charge in [0.25, 0.3) is 5.91 Å². The average molecular weight is 380 g/mol. The second kappa shape index (κ2) is 7.51. The van der Waals surface area contributed by atoms with E-state index in [2.05, 4.69) is 15.7 Å². The lowest BCUT2D eigenvalue weighted by Crippen LogP contribution is -2.47. The Morgan fingerprint density at radius 3 is 2.78 bits per heavy atom. The number of benzene rings is 1. The van der Waals surface area contributed by atoms with Crippen molar-refractivity contribution in [3.8, 4) is 5.69 Å². The molecule has 144 valence electrons. The molecule has 2 aromatic rings. The van der Waals surface area contributed by atoms with Gasteiger partial charge in [-0.3, -0.25) is 9.59 Å². The van der Waals surface area contributed by atoms with Crippen LogP contribution >= 0.6 is 0 Å². The third-order valence-electron chi connectivity index (χ3n) is 4.37. The summed E-state index contributed by atoms with van der Waals surface area (Å²) in [6.45, 7) is 3.01. The summed E-state index contributed by atoms with van der Waals surface area (Å²) in [5, 5.41) is 9.94. The van der Waals surface area contributed by atoms with E-state index in [0.29, 0.717) is 12.2 Å². The van der Waals surface area contributed by atoms with Crippen molar-refractivity contribution in [3.63, 3.8) is 0 Å². The number of nitrogens with zero attached hydrogens (tertiary/aromatic N) is 2. The number of hydrogen-bond acceptors (Lipinski definition) is 4. The van der Waals surface area contributed by atoms with Crippen molar-refractivity contribution in [2.45, 2.75) is 32.0 Å². The molecule has 0 spiro atoms. The van der Waals surface area contributed by atoms with E-state index in [9.17, 15) is 22.8 Å². The molecular formula is C18H19F3N4O2. The Hall–Kier alpha value is -2.68. The van der Waals surface area contributed by atoms with Crippen molar-refractivity contribution < 1.29 is 18.0 Å². The molecule has 3 rings (SSSR count). The first-order valence-corrected chi connectivity index (χ1v) is 8.56. The van der Waals surface area contributed by atoms with Gasteiger partial charge in [0.1, 0.15) is 0 Å². The van der Waals surface area contributed by atoms with Crippen LogP contribution in [-0.4, -0.2) is 34.8 Å². The van der Waals surface area contributed by atoms with Crippen LogP contribution in [0.2, 0.25) is 0 Å². The van der Waals surface area contributed by atoms with Gasteiger partial charge >= 0.3 is 6.18 Å². The van der Waals surface area contributed by atoms with Crippen LogP contribution in [0.1, 0.15) is 34.6 Å². The SMILES string of the molecule is Cc1cc(=O)c(C(=O)N[C@H]2CCCNC2)nn1-c1cccc(C(F)(F)F)c1. The number of aromatic nitrogens is 2. The Kier molecular flexibility index (Phi) is 5.31. The van der Waals surface area contributed by atoms with Gasteiger partial charge in [-0.15, -0.1) is 0 Å². The van der Waals surface area contributed by atoms with Crippen LogP contribution in [0.4, 0.5) is 13.2 Å². The van der Waals surface area contributed by atoms with Crippen LogP contribution < -0.4 is 16.1 Å². The maximum absolute atomic E-state index is 13.0. The van der Waals surface area contributed by atoms with Crippen LogP contribution in [-0.2, 0) is 6.18 Å². The molecule has 1 atom stereocenters. The summed E-state index contributed by atoms with van der Waals surface area (Å²) in [6, 6.07) is 5.65. The summed E-state index contributed by atoms with van der Waals surface area (Å²) < 4.78 is 40.1. The summed E-state index contributed by atoms with van der Waals surface area (Å²) in [4.78, 5) is 24.7. The first-order chi connectivity index (χ1) is 12.8. The fourth-order valence-electron chi connectivity index (χ4n) is 3.01. The van der Waals surface area contributed by atoms with Crippen LogP contribution in [0.3, 0.4) is 0 Å². The van der Waals surface area contributed by atoms with Crippen LogP contribution in [0.25, 0.3) is 5.69 Å². The molecule has 0 bridgehead atoms. The molecule has 1 aromatic heterocycles. The summed E-state index contributed by atoms with van der Waals surface area (Å²) in [6.07, 6.45) is -2.82. The first kappa shape index (κ1) is 19.1. The third kappa shape index (κ3) is 4.36. The van der Waals surface area contributed by atoms with Gasteiger partial charge in [-0.2, -0.15) is 18.3 Å². The van der Waals surface area contributed by atoms with E-state index < -0.39 is 23.1 Å². The van der Waals surface area contributed by atoms with Crippen molar-refractivity contribution in [1.29, 1.82) is 0 Å². The maximum atomic E-state index is 13.0. The standard InChI is InChI=1S/C18H19F3N4O2/c1-11-8-15(26)16(17(27)23-13-5-3-7-22-10-13)24-25(11)14-6-2-4-12(9-14)18(19,20)21/h2,4,6,8-9,13,22H,3,5,7,10H2,1H3,(H,23,27)/t13-/m0/s1. The maximum Gasteiger partial charge on any atom is 0.416 e. The monoisotopic (exact) mass is 380 g/mol. The highest BCUT2D eigenvalue weighted by molar-refractivity contribution is 5.92. The quantitative estimate of drug-likeness (QED) is 0.855. The van der Waals surface area contributed by atoms with Gasteiger partial charge in [0.05, 0.1) is 11.3 Å². The van der Waals surface area contributed by atoms with E-state index in [4.69, 9.17) is 0 Å². The molecule has 6 nitrogen and oxygen atoms in total. The van der Waals surface area contributed by atoms with Crippen molar-refractivity contribution in [2.24, 2.45) is 0 Å². The molecule has 1 aromatic carbocycles. The minimum Gasteiger partial charge on any atom is -0.347 e. The lowest BCUT2D eigenvalue weighted by molar-refractivity contribution is -0.137. The Labute approximate surface area is 153 Å². The highest BCUT2D eigenvalue weighted by Gasteiger charge is 2.30. The smallest absolute Gasteiger partial charge is 0.347 e. The number of rotatable bonds is 3. The van der Waals surface area contributed by atoms with Crippen molar-refractivity contribution in [1.82, 2.24) is 20.4 Å². The topological polar surface area (TPSA) is 76.0 Å². The zero-order valence-electron chi connectivity index (χ0n) is 14.6. The molecule has 1 amide bonds. The molecule has 27 heavy (non-hydrogen) atoms. The van der Waals surface area contributed by atoms with E-state index in [0.717, 1.165) is 31.5 Å². The second-order valence-corrected chi connectivity index (χ2v) is 6.48. The third-order valence-corrected chi connectivity index (χ3v) is 4.37. The number of piperidine rings is 1. The zero-order chi connectivity index (χ0) is 19.6. The molecule has 1 aliphatic rings. The molecule has 0 aliphatic carbocycles. The number of carbonyl (C=O) groups excluding carboxylic acids is 1. The highest BCUT2D eigenvalue weighted by atomic mass is 19.4. The minimum absolute atomic E-state index is 0.115. The van der Waals surface area contributed by atoms with Gasteiger partial charge in [-0.05, 0) is 44.5 Å². The van der Waals surface area contributed by atoms with Gasteiger partial charge in [0, 0.05) is 24.3 Å². The molecule has 1 fully saturated rings. The number of aryl methyl sites for hydroxylation is 1. The molecule has 2 heterocycles. The van der Waals surface area contributed by atoms with Gasteiger partial charge in [-0.25, -0.2) is 4.68 Å². The van der Waals surface area contributed by atoms with Crippen LogP contribution in [0, 0.1) is 6.92 Å². The fraction of sp³-hybridized carbons (Fsp3) is 0.389. The predicted molar refractivity (Wildman–Crippen MR) is 92.9 cm³/mol. The highest BCUT2D eigenvalue weighted by Crippen LogP contribution is 2.30. The van der Waals surface area contributed by atoms with E-state index in [-0.39, 0.29) is 17.4 Å². The normalized spacial score (nSPS) is 17.6. The molecule has 1 aliphatic heterocycles. The number of halogens is 3.